The number of hydrogen-bond acceptors (Lipinski definition) is 7. The molecule has 0 spiro atoms. The Kier molecular flexibility index (Phi) is 6.13. The van der Waals surface area contributed by atoms with E-state index in [1.165, 1.54) is 0 Å². The topological polar surface area (TPSA) is 75.2 Å². The third-order valence-corrected chi connectivity index (χ3v) is 1.91. The van der Waals surface area contributed by atoms with E-state index in [1.807, 2.05) is 21.0 Å². The van der Waals surface area contributed by atoms with Crippen LogP contribution in [0.15, 0.2) is 0 Å². The van der Waals surface area contributed by atoms with E-state index in [0.717, 1.165) is 19.4 Å². The highest BCUT2D eigenvalue weighted by molar-refractivity contribution is 5.35. The van der Waals surface area contributed by atoms with Gasteiger partial charge in [-0.2, -0.15) is 15.0 Å². The molecule has 0 saturated carbocycles. The van der Waals surface area contributed by atoms with Crippen molar-refractivity contribution in [1.82, 2.24) is 20.0 Å². The molecule has 7 nitrogen and oxygen atoms in total. The van der Waals surface area contributed by atoms with Gasteiger partial charge in [0.25, 0.3) is 0 Å². The number of hydrogen-bond donors (Lipinski definition) is 2. The Balaban J connectivity index is 2.81. The van der Waals surface area contributed by atoms with Crippen LogP contribution in [0.5, 0.6) is 6.01 Å². The van der Waals surface area contributed by atoms with Gasteiger partial charge in [0.2, 0.25) is 11.9 Å². The first kappa shape index (κ1) is 14.4. The van der Waals surface area contributed by atoms with E-state index in [4.69, 9.17) is 4.74 Å². The van der Waals surface area contributed by atoms with Gasteiger partial charge in [-0.05, 0) is 12.8 Å². The Morgan fingerprint density at radius 1 is 1.06 bits per heavy atom. The van der Waals surface area contributed by atoms with Crippen LogP contribution in [-0.4, -0.2) is 47.2 Å². The van der Waals surface area contributed by atoms with Crippen LogP contribution in [-0.2, 0) is 0 Å². The lowest BCUT2D eigenvalue weighted by Crippen LogP contribution is -2.22. The van der Waals surface area contributed by atoms with Gasteiger partial charge in [-0.3, -0.25) is 5.43 Å². The van der Waals surface area contributed by atoms with E-state index in [0.29, 0.717) is 24.5 Å². The molecule has 0 radical (unpaired) electrons. The molecule has 0 aromatic carbocycles. The fourth-order valence-corrected chi connectivity index (χ4v) is 1.18. The number of nitrogens with one attached hydrogen (secondary N) is 2. The Labute approximate surface area is 108 Å². The molecule has 1 heterocycles. The molecule has 0 aliphatic carbocycles. The maximum atomic E-state index is 5.44. The van der Waals surface area contributed by atoms with Crippen molar-refractivity contribution in [3.8, 4) is 6.01 Å². The molecule has 0 bridgehead atoms. The van der Waals surface area contributed by atoms with Crippen LogP contribution in [0.2, 0.25) is 0 Å². The average molecular weight is 254 g/mol. The van der Waals surface area contributed by atoms with Crippen molar-refractivity contribution in [3.63, 3.8) is 0 Å². The average Bonchev–Trinajstić information content (AvgIpc) is 2.33. The first-order chi connectivity index (χ1) is 8.65. The summed E-state index contributed by atoms with van der Waals surface area (Å²) < 4.78 is 5.44. The molecule has 0 fully saturated rings. The fourth-order valence-electron chi connectivity index (χ4n) is 1.18. The van der Waals surface area contributed by atoms with Gasteiger partial charge in [-0.15, -0.1) is 0 Å². The van der Waals surface area contributed by atoms with Gasteiger partial charge < -0.3 is 10.1 Å². The maximum absolute atomic E-state index is 5.44. The summed E-state index contributed by atoms with van der Waals surface area (Å²) in [6.07, 6.45) is 1.92. The summed E-state index contributed by atoms with van der Waals surface area (Å²) in [6.45, 7) is 5.54. The third kappa shape index (κ3) is 5.13. The van der Waals surface area contributed by atoms with E-state index in [2.05, 4.69) is 32.6 Å². The zero-order chi connectivity index (χ0) is 13.4. The molecule has 1 aromatic heterocycles. The van der Waals surface area contributed by atoms with Gasteiger partial charge in [0.1, 0.15) is 0 Å². The van der Waals surface area contributed by atoms with Gasteiger partial charge in [0.05, 0.1) is 6.61 Å². The van der Waals surface area contributed by atoms with Crippen LogP contribution >= 0.6 is 0 Å². The first-order valence-corrected chi connectivity index (χ1v) is 6.22. The summed E-state index contributed by atoms with van der Waals surface area (Å²) in [4.78, 5) is 12.6. The summed E-state index contributed by atoms with van der Waals surface area (Å²) >= 11 is 0. The van der Waals surface area contributed by atoms with E-state index >= 15 is 0 Å². The minimum absolute atomic E-state index is 0.342. The third-order valence-electron chi connectivity index (χ3n) is 1.91. The quantitative estimate of drug-likeness (QED) is 0.678. The molecule has 0 atom stereocenters. The second-order valence-electron chi connectivity index (χ2n) is 4.05. The predicted octanol–water partition coefficient (Wildman–Crippen LogP) is 1.37. The van der Waals surface area contributed by atoms with Gasteiger partial charge in [0, 0.05) is 20.6 Å². The zero-order valence-corrected chi connectivity index (χ0v) is 11.5. The molecule has 0 aliphatic heterocycles. The minimum Gasteiger partial charge on any atom is -0.463 e. The molecule has 1 aromatic rings. The van der Waals surface area contributed by atoms with Crippen LogP contribution in [0.25, 0.3) is 0 Å². The molecule has 0 amide bonds. The van der Waals surface area contributed by atoms with Crippen molar-refractivity contribution in [1.29, 1.82) is 0 Å². The molecule has 7 heteroatoms. The molecule has 0 saturated heterocycles. The Morgan fingerprint density at radius 3 is 2.39 bits per heavy atom. The summed E-state index contributed by atoms with van der Waals surface area (Å²) in [5.41, 5.74) is 2.99. The maximum Gasteiger partial charge on any atom is 0.323 e. The second-order valence-corrected chi connectivity index (χ2v) is 4.05. The van der Waals surface area contributed by atoms with Crippen molar-refractivity contribution >= 4 is 11.9 Å². The molecule has 0 aliphatic rings. The molecular formula is C11H22N6O. The van der Waals surface area contributed by atoms with Crippen LogP contribution < -0.4 is 15.5 Å². The SMILES string of the molecule is CCCNc1nc(NN(C)C)nc(OCCC)n1. The number of hydrazine groups is 1. The Morgan fingerprint density at radius 2 is 1.78 bits per heavy atom. The van der Waals surface area contributed by atoms with Gasteiger partial charge in [0.15, 0.2) is 0 Å². The summed E-state index contributed by atoms with van der Waals surface area (Å²) in [6, 6.07) is 0.342. The molecule has 18 heavy (non-hydrogen) atoms. The number of anilines is 2. The summed E-state index contributed by atoms with van der Waals surface area (Å²) in [5, 5.41) is 4.89. The van der Waals surface area contributed by atoms with Crippen LogP contribution in [0.1, 0.15) is 26.7 Å². The normalized spacial score (nSPS) is 10.5. The molecule has 102 valence electrons. The first-order valence-electron chi connectivity index (χ1n) is 6.22. The zero-order valence-electron chi connectivity index (χ0n) is 11.5. The fraction of sp³-hybridized carbons (Fsp3) is 0.727. The van der Waals surface area contributed by atoms with E-state index in [1.54, 1.807) is 5.01 Å². The van der Waals surface area contributed by atoms with E-state index < -0.39 is 0 Å². The number of ether oxygens (including phenoxy) is 1. The summed E-state index contributed by atoms with van der Waals surface area (Å²) in [5.74, 6) is 1.00. The van der Waals surface area contributed by atoms with Crippen molar-refractivity contribution in [3.05, 3.63) is 0 Å². The monoisotopic (exact) mass is 254 g/mol. The van der Waals surface area contributed by atoms with Gasteiger partial charge in [-0.1, -0.05) is 13.8 Å². The van der Waals surface area contributed by atoms with Gasteiger partial charge in [-0.25, -0.2) is 5.01 Å². The van der Waals surface area contributed by atoms with Crippen LogP contribution in [0.3, 0.4) is 0 Å². The molecular weight excluding hydrogens is 232 g/mol. The lowest BCUT2D eigenvalue weighted by molar-refractivity contribution is 0.291. The van der Waals surface area contributed by atoms with Crippen molar-refractivity contribution in [2.75, 3.05) is 38.0 Å². The van der Waals surface area contributed by atoms with E-state index in [9.17, 15) is 0 Å². The highest BCUT2D eigenvalue weighted by Crippen LogP contribution is 2.11. The van der Waals surface area contributed by atoms with Gasteiger partial charge >= 0.3 is 6.01 Å². The van der Waals surface area contributed by atoms with Crippen molar-refractivity contribution < 1.29 is 4.74 Å². The predicted molar refractivity (Wildman–Crippen MR) is 71.7 cm³/mol. The number of rotatable bonds is 8. The largest absolute Gasteiger partial charge is 0.463 e. The Bertz CT molecular complexity index is 331. The highest BCUT2D eigenvalue weighted by Gasteiger charge is 2.07. The lowest BCUT2D eigenvalue weighted by Gasteiger charge is -2.13. The van der Waals surface area contributed by atoms with E-state index in [-0.39, 0.29) is 0 Å². The van der Waals surface area contributed by atoms with Crippen molar-refractivity contribution in [2.45, 2.75) is 26.7 Å². The number of nitrogens with zero attached hydrogens (tertiary/aromatic N) is 4. The number of aromatic nitrogens is 3. The lowest BCUT2D eigenvalue weighted by atomic mass is 10.5. The summed E-state index contributed by atoms with van der Waals surface area (Å²) in [7, 11) is 3.74. The highest BCUT2D eigenvalue weighted by atomic mass is 16.5. The molecule has 2 N–H and O–H groups in total. The second kappa shape index (κ2) is 7.65. The smallest absolute Gasteiger partial charge is 0.323 e. The standard InChI is InChI=1S/C11H22N6O/c1-5-7-12-9-13-10(16-17(3)4)15-11(14-9)18-8-6-2/h5-8H2,1-4H3,(H2,12,13,14,15,16). The molecule has 0 unspecified atom stereocenters. The van der Waals surface area contributed by atoms with Crippen molar-refractivity contribution in [2.24, 2.45) is 0 Å². The van der Waals surface area contributed by atoms with Crippen LogP contribution in [0.4, 0.5) is 11.9 Å². The molecule has 1 rings (SSSR count). The van der Waals surface area contributed by atoms with Crippen LogP contribution in [0, 0.1) is 0 Å². The minimum atomic E-state index is 0.342. The Hall–Kier alpha value is -1.63.